The van der Waals surface area contributed by atoms with Gasteiger partial charge >= 0.3 is 17.1 Å². The van der Waals surface area contributed by atoms with E-state index in [1.54, 1.807) is 0 Å². The molecule has 1 aromatic carbocycles. The van der Waals surface area contributed by atoms with Crippen LogP contribution in [0.3, 0.4) is 0 Å². The molecule has 0 spiro atoms. The zero-order valence-corrected chi connectivity index (χ0v) is 5.84. The van der Waals surface area contributed by atoms with Gasteiger partial charge in [0.05, 0.1) is 0 Å². The van der Waals surface area contributed by atoms with E-state index < -0.39 is 0 Å². The van der Waals surface area contributed by atoms with Crippen molar-refractivity contribution in [2.75, 3.05) is 0 Å². The molecule has 0 aromatic heterocycles. The molecule has 0 saturated carbocycles. The Morgan fingerprint density at radius 2 is 1.50 bits per heavy atom. The molecule has 1 heteroatoms. The Kier molecular flexibility index (Phi) is 3.59. The molecular formula is C7H8Fe+2. The second kappa shape index (κ2) is 3.71. The van der Waals surface area contributed by atoms with Gasteiger partial charge in [0.1, 0.15) is 0 Å². The van der Waals surface area contributed by atoms with E-state index in [0.717, 1.165) is 0 Å². The monoisotopic (exact) mass is 148 g/mol. The average molecular weight is 148 g/mol. The van der Waals surface area contributed by atoms with E-state index in [2.05, 4.69) is 19.1 Å². The molecule has 8 heavy (non-hydrogen) atoms. The minimum Gasteiger partial charge on any atom is -0.0622 e. The van der Waals surface area contributed by atoms with Gasteiger partial charge < -0.3 is 0 Å². The number of rotatable bonds is 0. The number of aryl methyl sites for hydroxylation is 1. The third kappa shape index (κ3) is 2.15. The first-order valence-corrected chi connectivity index (χ1v) is 2.41. The first-order valence-electron chi connectivity index (χ1n) is 2.41. The van der Waals surface area contributed by atoms with Gasteiger partial charge in [-0.1, -0.05) is 35.9 Å². The van der Waals surface area contributed by atoms with Gasteiger partial charge in [0.2, 0.25) is 0 Å². The quantitative estimate of drug-likeness (QED) is 0.493. The van der Waals surface area contributed by atoms with Crippen LogP contribution >= 0.6 is 0 Å². The first kappa shape index (κ1) is 7.74. The van der Waals surface area contributed by atoms with Crippen molar-refractivity contribution in [3.63, 3.8) is 0 Å². The molecule has 0 aliphatic heterocycles. The summed E-state index contributed by atoms with van der Waals surface area (Å²) >= 11 is 0. The molecule has 0 N–H and O–H groups in total. The first-order chi connectivity index (χ1) is 3.39. The van der Waals surface area contributed by atoms with Crippen molar-refractivity contribution in [1.29, 1.82) is 0 Å². The predicted octanol–water partition coefficient (Wildman–Crippen LogP) is 1.99. The molecular weight excluding hydrogens is 140 g/mol. The summed E-state index contributed by atoms with van der Waals surface area (Å²) < 4.78 is 0. The summed E-state index contributed by atoms with van der Waals surface area (Å²) in [6.45, 7) is 2.08. The SMILES string of the molecule is Cc1ccccc1.[Fe+2]. The summed E-state index contributed by atoms with van der Waals surface area (Å²) in [4.78, 5) is 0. The molecule has 0 unspecified atom stereocenters. The molecule has 0 aliphatic rings. The van der Waals surface area contributed by atoms with E-state index in [1.165, 1.54) is 5.56 Å². The second-order valence-electron chi connectivity index (χ2n) is 1.65. The van der Waals surface area contributed by atoms with Crippen LogP contribution in [0, 0.1) is 6.92 Å². The summed E-state index contributed by atoms with van der Waals surface area (Å²) in [5, 5.41) is 0. The largest absolute Gasteiger partial charge is 2.00 e. The summed E-state index contributed by atoms with van der Waals surface area (Å²) in [7, 11) is 0. The maximum atomic E-state index is 2.08. The van der Waals surface area contributed by atoms with Gasteiger partial charge in [-0.25, -0.2) is 0 Å². The van der Waals surface area contributed by atoms with Gasteiger partial charge in [0.25, 0.3) is 0 Å². The fraction of sp³-hybridized carbons (Fsp3) is 0.143. The van der Waals surface area contributed by atoms with Crippen molar-refractivity contribution in [2.45, 2.75) is 6.92 Å². The topological polar surface area (TPSA) is 0 Å². The molecule has 0 atom stereocenters. The van der Waals surface area contributed by atoms with Gasteiger partial charge in [-0.05, 0) is 6.92 Å². The smallest absolute Gasteiger partial charge is 0.0622 e. The number of benzene rings is 1. The van der Waals surface area contributed by atoms with Gasteiger partial charge in [-0.2, -0.15) is 0 Å². The number of hydrogen-bond acceptors (Lipinski definition) is 0. The van der Waals surface area contributed by atoms with Crippen molar-refractivity contribution in [1.82, 2.24) is 0 Å². The standard InChI is InChI=1S/C7H8.Fe/c1-7-5-3-2-4-6-7;/h2-6H,1H3;/q;+2. The van der Waals surface area contributed by atoms with E-state index in [0.29, 0.717) is 0 Å². The maximum absolute atomic E-state index is 2.08. The van der Waals surface area contributed by atoms with Crippen molar-refractivity contribution >= 4 is 0 Å². The van der Waals surface area contributed by atoms with Crippen LogP contribution in [0.2, 0.25) is 0 Å². The minimum absolute atomic E-state index is 0. The van der Waals surface area contributed by atoms with Crippen molar-refractivity contribution < 1.29 is 17.1 Å². The Morgan fingerprint density at radius 3 is 1.75 bits per heavy atom. The molecule has 0 nitrogen and oxygen atoms in total. The Labute approximate surface area is 60.4 Å². The Morgan fingerprint density at radius 1 is 1.00 bits per heavy atom. The van der Waals surface area contributed by atoms with E-state index in [4.69, 9.17) is 0 Å². The van der Waals surface area contributed by atoms with Crippen molar-refractivity contribution in [3.8, 4) is 0 Å². The van der Waals surface area contributed by atoms with Gasteiger partial charge in [-0.15, -0.1) is 0 Å². The van der Waals surface area contributed by atoms with Crippen molar-refractivity contribution in [2.24, 2.45) is 0 Å². The molecule has 1 rings (SSSR count). The van der Waals surface area contributed by atoms with Crippen LogP contribution < -0.4 is 0 Å². The summed E-state index contributed by atoms with van der Waals surface area (Å²) in [5.41, 5.74) is 1.32. The third-order valence-electron chi connectivity index (χ3n) is 0.940. The van der Waals surface area contributed by atoms with E-state index in [-0.39, 0.29) is 17.1 Å². The molecule has 0 amide bonds. The minimum atomic E-state index is 0. The molecule has 0 radical (unpaired) electrons. The maximum Gasteiger partial charge on any atom is 2.00 e. The fourth-order valence-electron chi connectivity index (χ4n) is 0.534. The average Bonchev–Trinajstić information content (AvgIpc) is 1.69. The van der Waals surface area contributed by atoms with E-state index in [1.807, 2.05) is 18.2 Å². The Hall–Kier alpha value is -0.261. The zero-order chi connectivity index (χ0) is 5.11. The molecule has 0 fully saturated rings. The predicted molar refractivity (Wildman–Crippen MR) is 31.2 cm³/mol. The summed E-state index contributed by atoms with van der Waals surface area (Å²) in [6.07, 6.45) is 0. The van der Waals surface area contributed by atoms with Crippen LogP contribution in [-0.4, -0.2) is 0 Å². The number of hydrogen-bond donors (Lipinski definition) is 0. The fourth-order valence-corrected chi connectivity index (χ4v) is 0.534. The zero-order valence-electron chi connectivity index (χ0n) is 4.74. The van der Waals surface area contributed by atoms with Crippen molar-refractivity contribution in [3.05, 3.63) is 35.9 Å². The second-order valence-corrected chi connectivity index (χ2v) is 1.65. The van der Waals surface area contributed by atoms with Crippen LogP contribution in [0.1, 0.15) is 5.56 Å². The van der Waals surface area contributed by atoms with Crippen LogP contribution in [0.25, 0.3) is 0 Å². The molecule has 0 saturated heterocycles. The Bertz CT molecular complexity index is 134. The summed E-state index contributed by atoms with van der Waals surface area (Å²) in [5.74, 6) is 0. The van der Waals surface area contributed by atoms with Crippen LogP contribution in [0.15, 0.2) is 30.3 Å². The molecule has 0 heterocycles. The summed E-state index contributed by atoms with van der Waals surface area (Å²) in [6, 6.07) is 10.3. The molecule has 0 bridgehead atoms. The van der Waals surface area contributed by atoms with Gasteiger partial charge in [0.15, 0.2) is 0 Å². The molecule has 1 aromatic rings. The van der Waals surface area contributed by atoms with Crippen LogP contribution in [-0.2, 0) is 17.1 Å². The molecule has 0 aliphatic carbocycles. The molecule has 42 valence electrons. The third-order valence-corrected chi connectivity index (χ3v) is 0.940. The van der Waals surface area contributed by atoms with E-state index >= 15 is 0 Å². The van der Waals surface area contributed by atoms with Crippen LogP contribution in [0.5, 0.6) is 0 Å². The van der Waals surface area contributed by atoms with Gasteiger partial charge in [-0.3, -0.25) is 0 Å². The normalized spacial score (nSPS) is 7.62. The van der Waals surface area contributed by atoms with Gasteiger partial charge in [0, 0.05) is 0 Å². The van der Waals surface area contributed by atoms with Crippen LogP contribution in [0.4, 0.5) is 0 Å². The van der Waals surface area contributed by atoms with E-state index in [9.17, 15) is 0 Å². The Balaban J connectivity index is 0.000000490.